The van der Waals surface area contributed by atoms with Gasteiger partial charge in [-0.3, -0.25) is 0 Å². The van der Waals surface area contributed by atoms with Crippen molar-refractivity contribution in [1.29, 1.82) is 0 Å². The van der Waals surface area contributed by atoms with Crippen molar-refractivity contribution in [2.45, 2.75) is 215 Å². The van der Waals surface area contributed by atoms with Crippen molar-refractivity contribution in [3.8, 4) is 5.75 Å². The molecule has 0 N–H and O–H groups in total. The maximum Gasteiger partial charge on any atom is 0.343 e. The maximum absolute atomic E-state index is 15.4. The average Bonchev–Trinajstić information content (AvgIpc) is 3.61. The number of allylic oxidation sites excluding steroid dienone is 1. The summed E-state index contributed by atoms with van der Waals surface area (Å²) in [6, 6.07) is 11.5. The number of esters is 2. The number of fused-ring (bicyclic) bond motifs is 5. The van der Waals surface area contributed by atoms with Crippen LogP contribution in [-0.2, 0) is 11.2 Å². The molecule has 0 saturated heterocycles. The first kappa shape index (κ1) is 48.5. The molecule has 8 atom stereocenters. The third-order valence-electron chi connectivity index (χ3n) is 16.9. The Bertz CT molecular complexity index is 1750. The van der Waals surface area contributed by atoms with Gasteiger partial charge in [0, 0.05) is 12.5 Å². The zero-order valence-electron chi connectivity index (χ0n) is 40.1. The lowest BCUT2D eigenvalue weighted by Gasteiger charge is -2.58. The van der Waals surface area contributed by atoms with Crippen molar-refractivity contribution in [2.75, 3.05) is 0 Å². The van der Waals surface area contributed by atoms with Gasteiger partial charge in [0.15, 0.2) is 0 Å². The van der Waals surface area contributed by atoms with Gasteiger partial charge in [0.2, 0.25) is 0 Å². The van der Waals surface area contributed by atoms with E-state index in [0.717, 1.165) is 74.2 Å². The van der Waals surface area contributed by atoms with Gasteiger partial charge in [0.1, 0.15) is 17.7 Å². The summed E-state index contributed by atoms with van der Waals surface area (Å²) < 4.78 is 27.0. The van der Waals surface area contributed by atoms with Crippen LogP contribution in [-0.4, -0.2) is 18.0 Å². The summed E-state index contributed by atoms with van der Waals surface area (Å²) >= 11 is 0. The van der Waals surface area contributed by atoms with Crippen molar-refractivity contribution in [1.82, 2.24) is 0 Å². The summed E-state index contributed by atoms with van der Waals surface area (Å²) in [7, 11) is 0. The number of benzene rings is 2. The van der Waals surface area contributed by atoms with Gasteiger partial charge in [-0.2, -0.15) is 0 Å². The van der Waals surface area contributed by atoms with Gasteiger partial charge in [-0.1, -0.05) is 168 Å². The van der Waals surface area contributed by atoms with Crippen molar-refractivity contribution >= 4 is 11.9 Å². The Hall–Kier alpha value is -2.95. The summed E-state index contributed by atoms with van der Waals surface area (Å²) in [5.74, 6) is 2.84. The van der Waals surface area contributed by atoms with E-state index in [-0.39, 0.29) is 22.8 Å². The van der Waals surface area contributed by atoms with E-state index in [0.29, 0.717) is 16.9 Å². The van der Waals surface area contributed by atoms with Gasteiger partial charge < -0.3 is 9.47 Å². The van der Waals surface area contributed by atoms with Gasteiger partial charge in [-0.15, -0.1) is 0 Å². The highest BCUT2D eigenvalue weighted by atomic mass is 19.1. The number of aryl methyl sites for hydroxylation is 1. The van der Waals surface area contributed by atoms with Gasteiger partial charge in [-0.25, -0.2) is 14.0 Å². The largest absolute Gasteiger partial charge is 0.458 e. The molecule has 2 aromatic rings. The molecule has 0 aliphatic heterocycles. The lowest BCUT2D eigenvalue weighted by Crippen LogP contribution is -2.51. The highest BCUT2D eigenvalue weighted by Gasteiger charge is 2.59. The molecule has 0 aromatic heterocycles. The van der Waals surface area contributed by atoms with Crippen LogP contribution in [0.15, 0.2) is 54.1 Å². The molecule has 4 aliphatic rings. The van der Waals surface area contributed by atoms with Gasteiger partial charge in [-0.05, 0) is 134 Å². The van der Waals surface area contributed by atoms with E-state index in [9.17, 15) is 9.59 Å². The fourth-order valence-corrected chi connectivity index (χ4v) is 13.2. The van der Waals surface area contributed by atoms with Gasteiger partial charge >= 0.3 is 11.9 Å². The molecule has 3 fully saturated rings. The lowest BCUT2D eigenvalue weighted by molar-refractivity contribution is -0.0595. The average molecular weight is 853 g/mol. The zero-order valence-corrected chi connectivity index (χ0v) is 40.1. The van der Waals surface area contributed by atoms with E-state index in [2.05, 4.69) is 47.6 Å². The van der Waals surface area contributed by atoms with Crippen LogP contribution in [0.1, 0.15) is 228 Å². The van der Waals surface area contributed by atoms with E-state index in [1.807, 2.05) is 12.1 Å². The summed E-state index contributed by atoms with van der Waals surface area (Å²) in [5, 5.41) is 0. The molecule has 0 amide bonds. The second kappa shape index (κ2) is 23.3. The molecule has 2 aromatic carbocycles. The first-order chi connectivity index (χ1) is 29.9. The van der Waals surface area contributed by atoms with E-state index in [4.69, 9.17) is 9.47 Å². The Balaban J connectivity index is 0.907. The monoisotopic (exact) mass is 853 g/mol. The minimum atomic E-state index is -0.737. The molecule has 344 valence electrons. The Morgan fingerprint density at radius 2 is 1.39 bits per heavy atom. The van der Waals surface area contributed by atoms with Gasteiger partial charge in [0.25, 0.3) is 0 Å². The molecule has 62 heavy (non-hydrogen) atoms. The Kier molecular flexibility index (Phi) is 18.2. The second-order valence-corrected chi connectivity index (χ2v) is 21.6. The standard InChI is InChI=1S/C57H85FO4/c1-7-8-9-10-11-12-13-14-15-16-17-18-19-20-24-43-25-27-44(28-26-43)54(59)61-46-30-32-49(53(58)40-46)55(60)62-47-35-37-56(5)45(39-47)29-31-48-51-34-33-50(42(4)23-21-22-41(2)3)57(51,6)38-36-52(48)56/h25-30,32,40-42,47-48,50-52H,7-24,31,33-39H2,1-6H3/t42-,47+,48+,50-,51+,52+,56+,57-/m1/s1. The SMILES string of the molecule is CCCCCCCCCCCCCCCCc1ccc(C(=O)Oc2ccc(C(=O)O[C@H]3CC[C@@]4(C)C(=CC[C@H]5[C@@H]6CC[C@H]([C@H](C)CCCC(C)C)[C@@]6(C)CC[C@@H]54)C3)c(F)c2)cc1. The third-order valence-corrected chi connectivity index (χ3v) is 16.9. The van der Waals surface area contributed by atoms with Crippen LogP contribution in [0.3, 0.4) is 0 Å². The molecular formula is C57H85FO4. The number of hydrogen-bond donors (Lipinski definition) is 0. The van der Waals surface area contributed by atoms with Crippen molar-refractivity contribution < 1.29 is 23.5 Å². The molecule has 6 rings (SSSR count). The molecule has 5 heteroatoms. The highest BCUT2D eigenvalue weighted by Crippen LogP contribution is 2.67. The van der Waals surface area contributed by atoms with Crippen LogP contribution in [0.2, 0.25) is 0 Å². The fourth-order valence-electron chi connectivity index (χ4n) is 13.2. The number of ether oxygens (including phenoxy) is 2. The molecule has 0 unspecified atom stereocenters. The van der Waals surface area contributed by atoms with E-state index in [1.54, 1.807) is 12.1 Å². The minimum Gasteiger partial charge on any atom is -0.458 e. The number of hydrogen-bond acceptors (Lipinski definition) is 4. The smallest absolute Gasteiger partial charge is 0.343 e. The number of rotatable bonds is 24. The van der Waals surface area contributed by atoms with Crippen molar-refractivity contribution in [3.63, 3.8) is 0 Å². The number of unbranched alkanes of at least 4 members (excludes halogenated alkanes) is 13. The molecule has 0 bridgehead atoms. The first-order valence-corrected chi connectivity index (χ1v) is 25.9. The number of carbonyl (C=O) groups excluding carboxylic acids is 2. The normalized spacial score (nSPS) is 27.2. The van der Waals surface area contributed by atoms with Crippen molar-refractivity contribution in [3.05, 3.63) is 76.6 Å². The molecular weight excluding hydrogens is 768 g/mol. The maximum atomic E-state index is 15.4. The fraction of sp³-hybridized carbons (Fsp3) is 0.719. The molecule has 0 radical (unpaired) electrons. The Labute approximate surface area is 377 Å². The van der Waals surface area contributed by atoms with Crippen LogP contribution < -0.4 is 4.74 Å². The molecule has 0 heterocycles. The topological polar surface area (TPSA) is 52.6 Å². The van der Waals surface area contributed by atoms with Crippen LogP contribution in [0.5, 0.6) is 5.75 Å². The van der Waals surface area contributed by atoms with E-state index in [1.165, 1.54) is 152 Å². The molecule has 4 nitrogen and oxygen atoms in total. The minimum absolute atomic E-state index is 0.0728. The van der Waals surface area contributed by atoms with Crippen LogP contribution in [0.25, 0.3) is 0 Å². The van der Waals surface area contributed by atoms with Crippen molar-refractivity contribution in [2.24, 2.45) is 46.3 Å². The summed E-state index contributed by atoms with van der Waals surface area (Å²) in [4.78, 5) is 26.3. The zero-order chi connectivity index (χ0) is 44.1. The third kappa shape index (κ3) is 12.4. The Morgan fingerprint density at radius 1 is 0.726 bits per heavy atom. The van der Waals surface area contributed by atoms with Crippen LogP contribution in [0.4, 0.5) is 4.39 Å². The molecule has 3 saturated carbocycles. The first-order valence-electron chi connectivity index (χ1n) is 25.9. The molecule has 0 spiro atoms. The van der Waals surface area contributed by atoms with Crippen LogP contribution >= 0.6 is 0 Å². The van der Waals surface area contributed by atoms with Crippen LogP contribution in [0, 0.1) is 52.2 Å². The van der Waals surface area contributed by atoms with Gasteiger partial charge in [0.05, 0.1) is 11.1 Å². The lowest BCUT2D eigenvalue weighted by atomic mass is 9.47. The summed E-state index contributed by atoms with van der Waals surface area (Å²) in [6.07, 6.45) is 35.3. The number of halogens is 1. The number of carbonyl (C=O) groups is 2. The Morgan fingerprint density at radius 3 is 2.03 bits per heavy atom. The van der Waals surface area contributed by atoms with E-state index >= 15 is 4.39 Å². The summed E-state index contributed by atoms with van der Waals surface area (Å²) in [5.41, 5.74) is 3.57. The second-order valence-electron chi connectivity index (χ2n) is 21.6. The quantitative estimate of drug-likeness (QED) is 0.0457. The predicted octanol–water partition coefficient (Wildman–Crippen LogP) is 16.6. The summed E-state index contributed by atoms with van der Waals surface area (Å²) in [6.45, 7) is 14.7. The predicted molar refractivity (Wildman–Crippen MR) is 254 cm³/mol. The molecule has 4 aliphatic carbocycles. The van der Waals surface area contributed by atoms with E-state index < -0.39 is 17.8 Å². The highest BCUT2D eigenvalue weighted by molar-refractivity contribution is 5.92.